The van der Waals surface area contributed by atoms with Crippen molar-refractivity contribution in [3.8, 4) is 5.75 Å². The first-order valence-electron chi connectivity index (χ1n) is 6.93. The summed E-state index contributed by atoms with van der Waals surface area (Å²) in [5, 5.41) is 0. The van der Waals surface area contributed by atoms with Crippen LogP contribution in [0.15, 0.2) is 18.2 Å². The Hall–Kier alpha value is -1.59. The third kappa shape index (κ3) is 4.72. The zero-order valence-corrected chi connectivity index (χ0v) is 11.4. The Kier molecular flexibility index (Phi) is 4.85. The van der Waals surface area contributed by atoms with Crippen LogP contribution >= 0.6 is 0 Å². The highest BCUT2D eigenvalue weighted by Gasteiger charge is 2.32. The van der Waals surface area contributed by atoms with Crippen molar-refractivity contribution in [1.82, 2.24) is 0 Å². The molecular formula is C15H16F4O2. The van der Waals surface area contributed by atoms with Crippen LogP contribution in [-0.2, 0) is 0 Å². The maximum atomic E-state index is 13.5. The number of hydrogen-bond donors (Lipinski definition) is 0. The number of hydrogen-bond acceptors (Lipinski definition) is 2. The predicted molar refractivity (Wildman–Crippen MR) is 68.6 cm³/mol. The van der Waals surface area contributed by atoms with Gasteiger partial charge < -0.3 is 4.74 Å². The molecule has 1 aliphatic rings. The number of ketones is 1. The van der Waals surface area contributed by atoms with Gasteiger partial charge in [0.15, 0.2) is 17.3 Å². The second-order valence-corrected chi connectivity index (χ2v) is 5.31. The lowest BCUT2D eigenvalue weighted by molar-refractivity contribution is -0.275. The van der Waals surface area contributed by atoms with E-state index >= 15 is 0 Å². The van der Waals surface area contributed by atoms with Gasteiger partial charge in [0.25, 0.3) is 0 Å². The molecule has 0 aliphatic heterocycles. The molecule has 0 unspecified atom stereocenters. The van der Waals surface area contributed by atoms with Crippen LogP contribution in [0.1, 0.15) is 48.9 Å². The molecule has 0 bridgehead atoms. The van der Waals surface area contributed by atoms with Crippen molar-refractivity contribution in [3.63, 3.8) is 0 Å². The van der Waals surface area contributed by atoms with E-state index in [1.165, 1.54) is 18.9 Å². The van der Waals surface area contributed by atoms with Gasteiger partial charge in [0.2, 0.25) is 0 Å². The topological polar surface area (TPSA) is 26.3 Å². The van der Waals surface area contributed by atoms with E-state index in [2.05, 4.69) is 4.74 Å². The van der Waals surface area contributed by atoms with Crippen LogP contribution in [-0.4, -0.2) is 12.1 Å². The Bertz CT molecular complexity index is 505. The summed E-state index contributed by atoms with van der Waals surface area (Å²) in [4.78, 5) is 11.9. The Morgan fingerprint density at radius 1 is 1.24 bits per heavy atom. The van der Waals surface area contributed by atoms with Crippen molar-refractivity contribution in [2.45, 2.75) is 44.9 Å². The first-order chi connectivity index (χ1) is 9.85. The number of halogens is 4. The smallest absolute Gasteiger partial charge is 0.403 e. The van der Waals surface area contributed by atoms with E-state index in [0.717, 1.165) is 31.4 Å². The molecule has 2 rings (SSSR count). The Labute approximate surface area is 120 Å². The summed E-state index contributed by atoms with van der Waals surface area (Å²) in [6.07, 6.45) is 0.674. The average Bonchev–Trinajstić information content (AvgIpc) is 2.90. The summed E-state index contributed by atoms with van der Waals surface area (Å²) in [7, 11) is 0. The maximum absolute atomic E-state index is 13.5. The fraction of sp³-hybridized carbons (Fsp3) is 0.533. The van der Waals surface area contributed by atoms with Gasteiger partial charge in [0, 0.05) is 12.0 Å². The fourth-order valence-electron chi connectivity index (χ4n) is 2.66. The summed E-state index contributed by atoms with van der Waals surface area (Å²) < 4.78 is 53.1. The zero-order valence-electron chi connectivity index (χ0n) is 11.4. The van der Waals surface area contributed by atoms with Gasteiger partial charge >= 0.3 is 6.36 Å². The highest BCUT2D eigenvalue weighted by Crippen LogP contribution is 2.30. The van der Waals surface area contributed by atoms with Crippen LogP contribution in [0.25, 0.3) is 0 Å². The lowest BCUT2D eigenvalue weighted by Crippen LogP contribution is -2.18. The number of rotatable bonds is 5. The highest BCUT2D eigenvalue weighted by atomic mass is 19.4. The van der Waals surface area contributed by atoms with Crippen molar-refractivity contribution in [1.29, 1.82) is 0 Å². The second kappa shape index (κ2) is 6.45. The van der Waals surface area contributed by atoms with Gasteiger partial charge in [-0.15, -0.1) is 13.2 Å². The molecule has 2 nitrogen and oxygen atoms in total. The average molecular weight is 304 g/mol. The van der Waals surface area contributed by atoms with Crippen LogP contribution in [0.5, 0.6) is 5.75 Å². The molecule has 0 radical (unpaired) electrons. The molecule has 0 atom stereocenters. The summed E-state index contributed by atoms with van der Waals surface area (Å²) in [6, 6.07) is 2.81. The molecule has 0 amide bonds. The number of carbonyl (C=O) groups is 1. The monoisotopic (exact) mass is 304 g/mol. The van der Waals surface area contributed by atoms with Crippen LogP contribution in [0.2, 0.25) is 0 Å². The third-order valence-electron chi connectivity index (χ3n) is 3.73. The minimum absolute atomic E-state index is 0.0834. The summed E-state index contributed by atoms with van der Waals surface area (Å²) in [6.45, 7) is 0. The molecule has 6 heteroatoms. The summed E-state index contributed by atoms with van der Waals surface area (Å²) in [5.41, 5.74) is 0.0834. The van der Waals surface area contributed by atoms with Crippen molar-refractivity contribution in [2.75, 3.05) is 0 Å². The van der Waals surface area contributed by atoms with Crippen LogP contribution in [0.4, 0.5) is 17.6 Å². The lowest BCUT2D eigenvalue weighted by atomic mass is 9.97. The van der Waals surface area contributed by atoms with Gasteiger partial charge in [0.05, 0.1) is 0 Å². The Morgan fingerprint density at radius 3 is 2.48 bits per heavy atom. The van der Waals surface area contributed by atoms with E-state index in [0.29, 0.717) is 12.3 Å². The van der Waals surface area contributed by atoms with E-state index < -0.39 is 17.9 Å². The first-order valence-corrected chi connectivity index (χ1v) is 6.93. The van der Waals surface area contributed by atoms with Crippen molar-refractivity contribution in [2.24, 2.45) is 5.92 Å². The molecule has 21 heavy (non-hydrogen) atoms. The number of benzene rings is 1. The molecule has 0 aromatic heterocycles. The van der Waals surface area contributed by atoms with Gasteiger partial charge in [-0.05, 0) is 30.5 Å². The number of carbonyl (C=O) groups excluding carboxylic acids is 1. The minimum atomic E-state index is -4.95. The van der Waals surface area contributed by atoms with E-state index in [1.807, 2.05) is 0 Å². The standard InChI is InChI=1S/C15H16F4O2/c16-12-9-11(6-8-14(12)21-15(17,18)19)13(20)7-5-10-3-1-2-4-10/h6,8-10H,1-5,7H2. The zero-order chi connectivity index (χ0) is 15.5. The van der Waals surface area contributed by atoms with Gasteiger partial charge in [-0.2, -0.15) is 0 Å². The number of ether oxygens (including phenoxy) is 1. The van der Waals surface area contributed by atoms with E-state index in [9.17, 15) is 22.4 Å². The molecule has 1 fully saturated rings. The lowest BCUT2D eigenvalue weighted by Gasteiger charge is -2.11. The van der Waals surface area contributed by atoms with Crippen molar-refractivity contribution in [3.05, 3.63) is 29.6 Å². The fourth-order valence-corrected chi connectivity index (χ4v) is 2.66. The largest absolute Gasteiger partial charge is 0.573 e. The van der Waals surface area contributed by atoms with Crippen molar-refractivity contribution < 1.29 is 27.1 Å². The molecule has 0 heterocycles. The maximum Gasteiger partial charge on any atom is 0.573 e. The van der Waals surface area contributed by atoms with Crippen LogP contribution in [0.3, 0.4) is 0 Å². The van der Waals surface area contributed by atoms with Crippen molar-refractivity contribution >= 4 is 5.78 Å². The van der Waals surface area contributed by atoms with Gasteiger partial charge in [0.1, 0.15) is 0 Å². The van der Waals surface area contributed by atoms with E-state index in [4.69, 9.17) is 0 Å². The van der Waals surface area contributed by atoms with Gasteiger partial charge in [-0.1, -0.05) is 25.7 Å². The Morgan fingerprint density at radius 2 is 1.90 bits per heavy atom. The molecule has 0 N–H and O–H groups in total. The SMILES string of the molecule is O=C(CCC1CCCC1)c1ccc(OC(F)(F)F)c(F)c1. The molecule has 1 aromatic carbocycles. The summed E-state index contributed by atoms with van der Waals surface area (Å²) in [5.74, 6) is -1.82. The predicted octanol–water partition coefficient (Wildman–Crippen LogP) is 4.88. The first kappa shape index (κ1) is 15.8. The van der Waals surface area contributed by atoms with Crippen LogP contribution < -0.4 is 4.74 Å². The quantitative estimate of drug-likeness (QED) is 0.572. The van der Waals surface area contributed by atoms with Gasteiger partial charge in [-0.3, -0.25) is 4.79 Å². The van der Waals surface area contributed by atoms with Gasteiger partial charge in [-0.25, -0.2) is 4.39 Å². The molecule has 0 saturated heterocycles. The van der Waals surface area contributed by atoms with E-state index in [-0.39, 0.29) is 11.3 Å². The third-order valence-corrected chi connectivity index (χ3v) is 3.73. The highest BCUT2D eigenvalue weighted by molar-refractivity contribution is 5.96. The molecule has 116 valence electrons. The van der Waals surface area contributed by atoms with Crippen LogP contribution in [0, 0.1) is 11.7 Å². The number of alkyl halides is 3. The number of Topliss-reactive ketones (excluding diaryl/α,β-unsaturated/α-hetero) is 1. The minimum Gasteiger partial charge on any atom is -0.403 e. The molecule has 1 saturated carbocycles. The Balaban J connectivity index is 1.96. The molecule has 0 spiro atoms. The molecular weight excluding hydrogens is 288 g/mol. The van der Waals surface area contributed by atoms with E-state index in [1.54, 1.807) is 0 Å². The summed E-state index contributed by atoms with van der Waals surface area (Å²) >= 11 is 0. The second-order valence-electron chi connectivity index (χ2n) is 5.31. The molecule has 1 aromatic rings. The molecule has 1 aliphatic carbocycles. The normalized spacial score (nSPS) is 16.2.